The van der Waals surface area contributed by atoms with Crippen molar-refractivity contribution in [2.45, 2.75) is 0 Å². The summed E-state index contributed by atoms with van der Waals surface area (Å²) in [5.41, 5.74) is 0. The molecule has 0 aliphatic heterocycles. The van der Waals surface area contributed by atoms with Gasteiger partial charge in [0.1, 0.15) is 0 Å². The van der Waals surface area contributed by atoms with E-state index in [-0.39, 0.29) is 104 Å². The Morgan fingerprint density at radius 1 is 1.29 bits per heavy atom. The summed E-state index contributed by atoms with van der Waals surface area (Å²) >= 11 is 0. The fraction of sp³-hybridized carbons (Fsp3) is 0. The SMILES string of the molecule is O=[Si](O)O.[AlH3].[BaH2].[CaH2]. The number of rotatable bonds is 0. The third-order valence-corrected chi connectivity index (χ3v) is 0. The topological polar surface area (TPSA) is 57.5 Å². The molecule has 7 heavy (non-hydrogen) atoms. The summed E-state index contributed by atoms with van der Waals surface area (Å²) in [6.45, 7) is 0. The van der Waals surface area contributed by atoms with Crippen LogP contribution in [0.1, 0.15) is 0 Å². The summed E-state index contributed by atoms with van der Waals surface area (Å²) in [6.07, 6.45) is 0. The zero-order valence-electron chi connectivity index (χ0n) is 1.80. The predicted molar refractivity (Wildman–Crippen MR) is 37.9 cm³/mol. The number of hydrogen-bond donors (Lipinski definition) is 2. The summed E-state index contributed by atoms with van der Waals surface area (Å²) < 4.78 is 8.74. The van der Waals surface area contributed by atoms with Crippen LogP contribution < -0.4 is 0 Å². The molecule has 7 heteroatoms. The molecule has 0 aromatic carbocycles. The Bertz CT molecular complexity index is 37.9. The van der Waals surface area contributed by atoms with Gasteiger partial charge >= 0.3 is 95.8 Å². The third-order valence-electron chi connectivity index (χ3n) is 0. The maximum atomic E-state index is 8.74. The minimum absolute atomic E-state index is 0. The second-order valence-corrected chi connectivity index (χ2v) is 0.848. The van der Waals surface area contributed by atoms with Gasteiger partial charge in [-0.2, -0.15) is 0 Å². The van der Waals surface area contributed by atoms with Crippen LogP contribution in [0.25, 0.3) is 0 Å². The van der Waals surface area contributed by atoms with Gasteiger partial charge in [-0.25, -0.2) is 0 Å². The molecule has 0 aromatic heterocycles. The van der Waals surface area contributed by atoms with Gasteiger partial charge in [-0.3, -0.25) is 4.46 Å². The van der Waals surface area contributed by atoms with E-state index < -0.39 is 9.17 Å². The fourth-order valence-electron chi connectivity index (χ4n) is 0. The van der Waals surface area contributed by atoms with Crippen molar-refractivity contribution < 1.29 is 14.1 Å². The fourth-order valence-corrected chi connectivity index (χ4v) is 0. The van der Waals surface area contributed by atoms with Gasteiger partial charge < -0.3 is 9.59 Å². The molecule has 0 spiro atoms. The molecule has 0 rings (SSSR count). The summed E-state index contributed by atoms with van der Waals surface area (Å²) in [5.74, 6) is 0. The Morgan fingerprint density at radius 2 is 1.29 bits per heavy atom. The first-order chi connectivity index (χ1) is 1.73. The zero-order valence-corrected chi connectivity index (χ0v) is 2.80. The van der Waals surface area contributed by atoms with Gasteiger partial charge in [-0.05, 0) is 0 Å². The van der Waals surface area contributed by atoms with E-state index in [1.54, 1.807) is 0 Å². The number of hydrogen-bond acceptors (Lipinski definition) is 1. The van der Waals surface area contributed by atoms with Crippen LogP contribution in [-0.4, -0.2) is 123 Å². The molecule has 0 unspecified atom stereocenters. The van der Waals surface area contributed by atoms with Gasteiger partial charge in [-0.1, -0.05) is 0 Å². The quantitative estimate of drug-likeness (QED) is 0.441. The molecule has 0 bridgehead atoms. The van der Waals surface area contributed by atoms with Crippen molar-refractivity contribution in [2.75, 3.05) is 0 Å². The first-order valence-corrected chi connectivity index (χ1v) is 1.95. The summed E-state index contributed by atoms with van der Waals surface area (Å²) in [6, 6.07) is 0. The van der Waals surface area contributed by atoms with Gasteiger partial charge in [-0.15, -0.1) is 0 Å². The molecule has 0 radical (unpaired) electrons. The van der Waals surface area contributed by atoms with Crippen LogP contribution >= 0.6 is 0 Å². The standard InChI is InChI=1S/Al.Ba.Ca.H2O3Si.7H/c;;;1-4(2)3;;;;;;;/h;;;1-2H;;;;;;;. The first-order valence-electron chi connectivity index (χ1n) is 0.651. The Kier molecular flexibility index (Phi) is 51.4. The van der Waals surface area contributed by atoms with E-state index in [0.29, 0.717) is 0 Å². The van der Waals surface area contributed by atoms with Crippen LogP contribution in [0.5, 0.6) is 0 Å². The van der Waals surface area contributed by atoms with E-state index in [2.05, 4.69) is 0 Å². The molecule has 0 fully saturated rings. The monoisotopic (exact) mass is 290 g/mol. The van der Waals surface area contributed by atoms with Gasteiger partial charge in [0.25, 0.3) is 0 Å². The van der Waals surface area contributed by atoms with E-state index in [9.17, 15) is 0 Å². The van der Waals surface area contributed by atoms with Crippen LogP contribution in [0.4, 0.5) is 0 Å². The van der Waals surface area contributed by atoms with Crippen molar-refractivity contribution >= 4 is 113 Å². The molecule has 0 saturated heterocycles. The summed E-state index contributed by atoms with van der Waals surface area (Å²) in [5, 5.41) is 0. The molecule has 0 aromatic rings. The van der Waals surface area contributed by atoms with Crippen LogP contribution in [0.15, 0.2) is 0 Å². The first kappa shape index (κ1) is 22.5. The second kappa shape index (κ2) is 16.0. The Labute approximate surface area is 124 Å². The minimum atomic E-state index is -3.13. The Morgan fingerprint density at radius 3 is 1.29 bits per heavy atom. The van der Waals surface area contributed by atoms with Crippen molar-refractivity contribution in [3.63, 3.8) is 0 Å². The van der Waals surface area contributed by atoms with E-state index in [1.807, 2.05) is 0 Å². The molecule has 0 heterocycles. The van der Waals surface area contributed by atoms with E-state index in [1.165, 1.54) is 0 Å². The average molecular weight is 290 g/mol. The van der Waals surface area contributed by atoms with Crippen LogP contribution in [0.3, 0.4) is 0 Å². The Balaban J connectivity index is -0.0000000150. The van der Waals surface area contributed by atoms with Crippen LogP contribution in [0, 0.1) is 0 Å². The molecule has 2 N–H and O–H groups in total. The molecule has 0 atom stereocenters. The van der Waals surface area contributed by atoms with Gasteiger partial charge in [0.05, 0.1) is 0 Å². The van der Waals surface area contributed by atoms with E-state index in [4.69, 9.17) is 14.1 Å². The van der Waals surface area contributed by atoms with E-state index >= 15 is 0 Å². The van der Waals surface area contributed by atoms with Crippen molar-refractivity contribution in [1.29, 1.82) is 0 Å². The third kappa shape index (κ3) is 49.3. The molecule has 0 saturated carbocycles. The van der Waals surface area contributed by atoms with E-state index in [0.717, 1.165) is 0 Å². The van der Waals surface area contributed by atoms with Crippen molar-refractivity contribution in [1.82, 2.24) is 0 Å². The molecule has 0 aliphatic carbocycles. The van der Waals surface area contributed by atoms with Gasteiger partial charge in [0.15, 0.2) is 17.4 Å². The van der Waals surface area contributed by atoms with Crippen molar-refractivity contribution in [2.24, 2.45) is 0 Å². The van der Waals surface area contributed by atoms with Crippen molar-refractivity contribution in [3.05, 3.63) is 0 Å². The molecule has 38 valence electrons. The molecule has 0 amide bonds. The van der Waals surface area contributed by atoms with Crippen LogP contribution in [0.2, 0.25) is 0 Å². The normalized spacial score (nSPS) is 3.43. The van der Waals surface area contributed by atoms with Crippen molar-refractivity contribution in [3.8, 4) is 0 Å². The molecular weight excluding hydrogens is 280 g/mol. The van der Waals surface area contributed by atoms with Gasteiger partial charge in [0, 0.05) is 0 Å². The summed E-state index contributed by atoms with van der Waals surface area (Å²) in [4.78, 5) is 14.3. The predicted octanol–water partition coefficient (Wildman–Crippen LogP) is -4.63. The maximum absolute atomic E-state index is 8.74. The molecule has 3 nitrogen and oxygen atoms in total. The van der Waals surface area contributed by atoms with Gasteiger partial charge in [0.2, 0.25) is 0 Å². The zero-order chi connectivity index (χ0) is 3.58. The Hall–Kier alpha value is 2.98. The second-order valence-electron chi connectivity index (χ2n) is 0.283. The molecular formula is H9AlBaCaO3Si. The average Bonchev–Trinajstić information content (AvgIpc) is 0.811. The summed E-state index contributed by atoms with van der Waals surface area (Å²) in [7, 11) is -3.13. The van der Waals surface area contributed by atoms with Crippen LogP contribution in [-0.2, 0) is 4.46 Å². The molecule has 0 aliphatic rings.